The van der Waals surface area contributed by atoms with Crippen LogP contribution < -0.4 is 103 Å². The molecule has 0 aliphatic rings. The average Bonchev–Trinajstić information content (AvgIpc) is 1.62. The molecule has 0 aliphatic heterocycles. The van der Waals surface area contributed by atoms with Crippen molar-refractivity contribution in [2.75, 3.05) is 0 Å². The zero-order chi connectivity index (χ0) is 18.0. The number of phosphoric acid groups is 1. The van der Waals surface area contributed by atoms with Gasteiger partial charge in [0, 0.05) is 31.2 Å². The fourth-order valence-electron chi connectivity index (χ4n) is 0. The molecule has 0 heterocycles. The van der Waals surface area contributed by atoms with E-state index in [0.717, 1.165) is 0 Å². The van der Waals surface area contributed by atoms with Crippen molar-refractivity contribution in [3.63, 3.8) is 0 Å². The zero-order valence-electron chi connectivity index (χ0n) is 45.4. The summed E-state index contributed by atoms with van der Waals surface area (Å²) >= 11 is 0. The first kappa shape index (κ1) is 2600. The Balaban J connectivity index is -0.000000000408. The fraction of sp³-hybridized carbons (Fsp3) is 0. The van der Waals surface area contributed by atoms with Crippen LogP contribution >= 0.6 is 7.82 Å². The van der Waals surface area contributed by atoms with Crippen LogP contribution in [0.1, 0.15) is 0 Å². The molecule has 82 nitrogen and oxygen atoms in total. The SMILES string of the molecule is O.O.O.O.O.O.O.O.O.O.O.O.O.O.O.O.O.O.O.O.O.O.O.O.O.O.O.O.O.O.O.O.O.O.O.O.O.O.O.O.O.O.O.O.O.O.O.O.O.O.O.O.O.O.O.O.O.O.O.O.O.O.O.O.O.O.O=P([O-])([O-])[O-].O=S(=O)([O-])[O-].O=S(=O)([O-])[O-].O=S(=O)([O-])[O-].[Al+3].[Al+3].[Na+].[Na+].[Na+]. The van der Waals surface area contributed by atoms with Gasteiger partial charge in [-0.25, -0.2) is 0 Å². The fourth-order valence-corrected chi connectivity index (χ4v) is 0. The average molecular weight is 1700 g/mol. The van der Waals surface area contributed by atoms with E-state index < -0.39 is 39.0 Å². The number of hydrogen-bond acceptors (Lipinski definition) is 16. The second-order valence-electron chi connectivity index (χ2n) is 1.67. The summed E-state index contributed by atoms with van der Waals surface area (Å²) in [5.41, 5.74) is 0. The summed E-state index contributed by atoms with van der Waals surface area (Å²) in [5, 5.41) is 0. The minimum Gasteiger partial charge on any atom is -0.822 e. The van der Waals surface area contributed by atoms with Crippen molar-refractivity contribution < 1.29 is 522 Å². The molecule has 0 rings (SSSR count). The van der Waals surface area contributed by atoms with Crippen LogP contribution in [0, 0.1) is 0 Å². The van der Waals surface area contributed by atoms with Crippen LogP contribution in [0.3, 0.4) is 0 Å². The molecular formula is H132Al2Na3O82PS3. The quantitative estimate of drug-likeness (QED) is 0.0941. The molecule has 0 atom stereocenters. The summed E-state index contributed by atoms with van der Waals surface area (Å²) in [6, 6.07) is 0. The topological polar surface area (TPSA) is 2410 Å². The maximum Gasteiger partial charge on any atom is 3.00 e. The molecule has 0 aromatic heterocycles. The van der Waals surface area contributed by atoms with Crippen LogP contribution in [0.25, 0.3) is 0 Å². The second kappa shape index (κ2) is 1170. The van der Waals surface area contributed by atoms with Gasteiger partial charge in [0.15, 0.2) is 0 Å². The smallest absolute Gasteiger partial charge is 0.822 e. The normalized spacial score (nSPS) is 2.56. The molecule has 0 aromatic carbocycles. The predicted octanol–water partition coefficient (Wildman–Crippen LogP) is -71.0. The Morgan fingerprint density at radius 3 is 0.143 bits per heavy atom. The van der Waals surface area contributed by atoms with Crippen LogP contribution in [-0.2, 0) is 35.8 Å². The Hall–Kier alpha value is 1.14. The van der Waals surface area contributed by atoms with Crippen LogP contribution in [-0.4, -0.2) is 449 Å². The van der Waals surface area contributed by atoms with Crippen molar-refractivity contribution in [3.8, 4) is 0 Å². The molecule has 0 aromatic rings. The monoisotopic (exact) mass is 1690 g/mol. The first-order valence-electron chi connectivity index (χ1n) is 2.73. The van der Waals surface area contributed by atoms with Crippen LogP contribution in [0.15, 0.2) is 0 Å². The van der Waals surface area contributed by atoms with E-state index in [1.165, 1.54) is 0 Å². The Morgan fingerprint density at radius 2 is 0.143 bits per heavy atom. The molecule has 132 N–H and O–H groups in total. The number of hydrogen-bond donors (Lipinski definition) is 0. The van der Waals surface area contributed by atoms with Crippen molar-refractivity contribution >= 4 is 73.7 Å². The van der Waals surface area contributed by atoms with Crippen LogP contribution in [0.4, 0.5) is 0 Å². The van der Waals surface area contributed by atoms with Crippen molar-refractivity contribution in [2.24, 2.45) is 0 Å². The van der Waals surface area contributed by atoms with E-state index in [9.17, 15) is 0 Å². The molecule has 91 heteroatoms. The van der Waals surface area contributed by atoms with Gasteiger partial charge in [0.25, 0.3) is 0 Å². The van der Waals surface area contributed by atoms with Crippen molar-refractivity contribution in [2.45, 2.75) is 0 Å². The number of rotatable bonds is 0. The molecule has 0 fully saturated rings. The van der Waals surface area contributed by atoms with E-state index in [0.29, 0.717) is 0 Å². The summed E-state index contributed by atoms with van der Waals surface area (Å²) in [6.45, 7) is 0. The third kappa shape index (κ3) is 553000. The third-order valence-corrected chi connectivity index (χ3v) is 0. The zero-order valence-corrected chi connectivity index (χ0v) is 57.0. The van der Waals surface area contributed by atoms with Crippen LogP contribution in [0.5, 0.6) is 0 Å². The molecule has 0 aliphatic carbocycles. The van der Waals surface area contributed by atoms with Gasteiger partial charge in [0.2, 0.25) is 0 Å². The molecule has 0 spiro atoms. The van der Waals surface area contributed by atoms with Gasteiger partial charge in [-0.05, 0) is 0 Å². The van der Waals surface area contributed by atoms with E-state index in [1.807, 2.05) is 0 Å². The predicted molar refractivity (Wildman–Crippen MR) is 289 cm³/mol. The Kier molecular flexibility index (Phi) is 33500. The van der Waals surface area contributed by atoms with Gasteiger partial charge in [-0.2, -0.15) is 7.82 Å². The maximum absolute atomic E-state index is 8.55. The van der Waals surface area contributed by atoms with Gasteiger partial charge in [-0.1, -0.05) is 0 Å². The maximum atomic E-state index is 8.55. The Morgan fingerprint density at radius 1 is 0.143 bits per heavy atom. The molecule has 0 amide bonds. The van der Waals surface area contributed by atoms with Gasteiger partial charge < -0.3 is 408 Å². The van der Waals surface area contributed by atoms with Gasteiger partial charge in [-0.15, -0.1) is 0 Å². The van der Waals surface area contributed by atoms with E-state index in [4.69, 9.17) is 71.8 Å². The van der Waals surface area contributed by atoms with Crippen LogP contribution in [0.2, 0.25) is 0 Å². The molecule has 0 bridgehead atoms. The third-order valence-electron chi connectivity index (χ3n) is 0. The van der Waals surface area contributed by atoms with Crippen molar-refractivity contribution in [1.82, 2.24) is 0 Å². The van der Waals surface area contributed by atoms with Crippen molar-refractivity contribution in [3.05, 3.63) is 0 Å². The summed E-state index contributed by atoms with van der Waals surface area (Å²) < 4.78 is 111. The minimum absolute atomic E-state index is 0. The summed E-state index contributed by atoms with van der Waals surface area (Å²) in [6.07, 6.45) is 0. The Labute approximate surface area is 592 Å². The molecule has 0 unspecified atom stereocenters. The van der Waals surface area contributed by atoms with Gasteiger partial charge in [0.1, 0.15) is 0 Å². The van der Waals surface area contributed by atoms with E-state index >= 15 is 0 Å². The second-order valence-corrected chi connectivity index (χ2v) is 5.02. The first-order chi connectivity index (χ1) is 8.00. The summed E-state index contributed by atoms with van der Waals surface area (Å²) in [4.78, 5) is 25.6. The first-order valence-corrected chi connectivity index (χ1v) is 8.19. The standard InChI is InChI=1S/2Al.3Na.H3O4P.3H2O4S.66H2O/c;;;;;4*1-5(2,3)4;;;;;;;;;;;;;;;;;;;;;;;;;;;;;;;;;;;;;;;;;;;;;;;;;;;;;;;;;;;;;;;;;;/h;;;;;(H3,1,2,3,4);3*(H2,1,2,3,4);66*1H2/q2*+3;3*+1;;;;;;;;;;;;;;;;;;;;;;;;;;;;;;;;;;;;;;;;;;;;;;;;;;;;;;;;;;;;;;;;;;;;;;/p-9. The van der Waals surface area contributed by atoms with Gasteiger partial charge >= 0.3 is 123 Å². The molecular weight excluding hydrogens is 1560 g/mol. The Bertz CT molecular complexity index is 502. The van der Waals surface area contributed by atoms with Crippen molar-refractivity contribution in [1.29, 1.82) is 0 Å². The largest absolute Gasteiger partial charge is 3.00 e. The molecule has 0 saturated carbocycles. The molecule has 0 saturated heterocycles. The molecule has 0 radical (unpaired) electrons. The van der Waals surface area contributed by atoms with E-state index in [-0.39, 0.29) is 485 Å². The van der Waals surface area contributed by atoms with Gasteiger partial charge in [-0.3, -0.25) is 25.3 Å². The minimum atomic E-state index is -5.39. The van der Waals surface area contributed by atoms with E-state index in [2.05, 4.69) is 0 Å². The van der Waals surface area contributed by atoms with Gasteiger partial charge in [0.05, 0.1) is 0 Å². The summed E-state index contributed by atoms with van der Waals surface area (Å²) in [5.74, 6) is 0. The summed E-state index contributed by atoms with van der Waals surface area (Å²) in [7, 11) is -20.9. The van der Waals surface area contributed by atoms with E-state index in [1.54, 1.807) is 0 Å². The molecule has 656 valence electrons. The molecule has 91 heavy (non-hydrogen) atoms.